The molecule has 0 aromatic heterocycles. The number of hydrogen-bond acceptors (Lipinski definition) is 5. The van der Waals surface area contributed by atoms with Gasteiger partial charge in [-0.1, -0.05) is 19.9 Å². The molecule has 2 rings (SSSR count). The minimum Gasteiger partial charge on any atom is -0.379 e. The number of hydrogen-bond donors (Lipinski definition) is 2. The molecule has 1 heterocycles. The maximum Gasteiger partial charge on any atom is 0.319 e. The van der Waals surface area contributed by atoms with Crippen molar-refractivity contribution >= 4 is 17.4 Å². The summed E-state index contributed by atoms with van der Waals surface area (Å²) in [6.45, 7) is 9.65. The Kier molecular flexibility index (Phi) is 7.35. The Morgan fingerprint density at radius 2 is 2.04 bits per heavy atom. The normalized spacial score (nSPS) is 16.3. The minimum absolute atomic E-state index is 0.00574. The molecule has 0 aliphatic carbocycles. The molecule has 1 unspecified atom stereocenters. The number of carbonyl (C=O) groups excluding carboxylic acids is 1. The number of morpholine rings is 1. The van der Waals surface area contributed by atoms with Crippen molar-refractivity contribution in [3.63, 3.8) is 0 Å². The highest BCUT2D eigenvalue weighted by Gasteiger charge is 2.22. The van der Waals surface area contributed by atoms with Gasteiger partial charge in [0.05, 0.1) is 29.4 Å². The van der Waals surface area contributed by atoms with Crippen molar-refractivity contribution in [1.82, 2.24) is 10.2 Å². The quantitative estimate of drug-likeness (QED) is 0.573. The summed E-state index contributed by atoms with van der Waals surface area (Å²) in [7, 11) is 0. The summed E-state index contributed by atoms with van der Waals surface area (Å²) in [4.78, 5) is 25.2. The standard InChI is InChI=1S/C18H28N4O4/c1-13(2)11-15(21-7-9-26-10-8-21)12-19-18(23)20-16-5-4-6-17(14(16)3)22(24)25/h4-6,13,15H,7-12H2,1-3H3,(H2,19,20,23). The summed E-state index contributed by atoms with van der Waals surface area (Å²) in [6, 6.07) is 4.55. The van der Waals surface area contributed by atoms with E-state index in [1.807, 2.05) is 0 Å². The van der Waals surface area contributed by atoms with Gasteiger partial charge < -0.3 is 15.4 Å². The van der Waals surface area contributed by atoms with Crippen LogP contribution in [-0.4, -0.2) is 54.7 Å². The van der Waals surface area contributed by atoms with Gasteiger partial charge in [-0.2, -0.15) is 0 Å². The van der Waals surface area contributed by atoms with Gasteiger partial charge in [-0.15, -0.1) is 0 Å². The molecule has 8 nitrogen and oxygen atoms in total. The molecule has 1 aliphatic heterocycles. The number of nitrogens with zero attached hydrogens (tertiary/aromatic N) is 2. The molecule has 26 heavy (non-hydrogen) atoms. The van der Waals surface area contributed by atoms with E-state index in [1.54, 1.807) is 19.1 Å². The van der Waals surface area contributed by atoms with E-state index in [2.05, 4.69) is 29.4 Å². The Hall–Kier alpha value is -2.19. The fourth-order valence-corrected chi connectivity index (χ4v) is 3.18. The van der Waals surface area contributed by atoms with Crippen LogP contribution in [0.15, 0.2) is 18.2 Å². The number of amides is 2. The van der Waals surface area contributed by atoms with Crippen molar-refractivity contribution in [2.24, 2.45) is 5.92 Å². The third-order valence-electron chi connectivity index (χ3n) is 4.55. The second-order valence-electron chi connectivity index (χ2n) is 6.97. The minimum atomic E-state index is -0.449. The maximum atomic E-state index is 12.3. The van der Waals surface area contributed by atoms with Crippen molar-refractivity contribution in [3.8, 4) is 0 Å². The lowest BCUT2D eigenvalue weighted by atomic mass is 10.0. The SMILES string of the molecule is Cc1c(NC(=O)NCC(CC(C)C)N2CCOCC2)cccc1[N+](=O)[O-]. The number of nitrogens with one attached hydrogen (secondary N) is 2. The fourth-order valence-electron chi connectivity index (χ4n) is 3.18. The van der Waals surface area contributed by atoms with Crippen molar-refractivity contribution < 1.29 is 14.5 Å². The van der Waals surface area contributed by atoms with Crippen LogP contribution in [0.3, 0.4) is 0 Å². The first-order chi connectivity index (χ1) is 12.4. The van der Waals surface area contributed by atoms with E-state index in [1.165, 1.54) is 6.07 Å². The molecule has 0 saturated carbocycles. The third kappa shape index (κ3) is 5.67. The largest absolute Gasteiger partial charge is 0.379 e. The van der Waals surface area contributed by atoms with Gasteiger partial charge in [-0.25, -0.2) is 4.79 Å². The summed E-state index contributed by atoms with van der Waals surface area (Å²) in [5.74, 6) is 0.520. The predicted octanol–water partition coefficient (Wildman–Crippen LogP) is 2.77. The Labute approximate surface area is 154 Å². The van der Waals surface area contributed by atoms with E-state index < -0.39 is 4.92 Å². The highest BCUT2D eigenvalue weighted by atomic mass is 16.6. The first-order valence-electron chi connectivity index (χ1n) is 8.99. The predicted molar refractivity (Wildman–Crippen MR) is 100 cm³/mol. The van der Waals surface area contributed by atoms with Crippen LogP contribution in [-0.2, 0) is 4.74 Å². The van der Waals surface area contributed by atoms with E-state index in [9.17, 15) is 14.9 Å². The maximum absolute atomic E-state index is 12.3. The number of anilines is 1. The molecule has 8 heteroatoms. The molecule has 1 aromatic carbocycles. The zero-order valence-electron chi connectivity index (χ0n) is 15.7. The molecule has 1 aliphatic rings. The highest BCUT2D eigenvalue weighted by molar-refractivity contribution is 5.90. The first kappa shape index (κ1) is 20.1. The number of ether oxygens (including phenoxy) is 1. The van der Waals surface area contributed by atoms with Crippen LogP contribution in [0, 0.1) is 23.0 Å². The van der Waals surface area contributed by atoms with Crippen LogP contribution in [0.2, 0.25) is 0 Å². The Bertz CT molecular complexity index is 630. The number of nitro benzene ring substituents is 1. The van der Waals surface area contributed by atoms with Gasteiger partial charge >= 0.3 is 6.03 Å². The topological polar surface area (TPSA) is 96.7 Å². The second-order valence-corrected chi connectivity index (χ2v) is 6.97. The Balaban J connectivity index is 1.95. The van der Waals surface area contributed by atoms with E-state index in [0.717, 1.165) is 19.5 Å². The molecular weight excluding hydrogens is 336 g/mol. The van der Waals surface area contributed by atoms with Crippen LogP contribution < -0.4 is 10.6 Å². The number of benzene rings is 1. The highest BCUT2D eigenvalue weighted by Crippen LogP contribution is 2.24. The van der Waals surface area contributed by atoms with Gasteiger partial charge in [-0.05, 0) is 25.3 Å². The first-order valence-corrected chi connectivity index (χ1v) is 8.99. The van der Waals surface area contributed by atoms with E-state index in [-0.39, 0.29) is 17.8 Å². The number of urea groups is 1. The molecule has 1 fully saturated rings. The molecule has 2 N–H and O–H groups in total. The molecule has 0 spiro atoms. The van der Waals surface area contributed by atoms with Gasteiger partial charge in [0.1, 0.15) is 0 Å². The van der Waals surface area contributed by atoms with E-state index in [4.69, 9.17) is 4.74 Å². The molecule has 144 valence electrons. The van der Waals surface area contributed by atoms with Crippen LogP contribution in [0.25, 0.3) is 0 Å². The summed E-state index contributed by atoms with van der Waals surface area (Å²) >= 11 is 0. The molecule has 2 amide bonds. The Morgan fingerprint density at radius 1 is 1.35 bits per heavy atom. The zero-order valence-corrected chi connectivity index (χ0v) is 15.7. The van der Waals surface area contributed by atoms with E-state index >= 15 is 0 Å². The average molecular weight is 364 g/mol. The summed E-state index contributed by atoms with van der Waals surface area (Å²) in [5, 5.41) is 16.6. The molecule has 0 radical (unpaired) electrons. The van der Waals surface area contributed by atoms with Gasteiger partial charge in [0.2, 0.25) is 0 Å². The number of carbonyl (C=O) groups is 1. The lowest BCUT2D eigenvalue weighted by Crippen LogP contribution is -2.49. The Morgan fingerprint density at radius 3 is 2.65 bits per heavy atom. The van der Waals surface area contributed by atoms with Crippen LogP contribution >= 0.6 is 0 Å². The number of nitro groups is 1. The lowest BCUT2D eigenvalue weighted by Gasteiger charge is -2.35. The third-order valence-corrected chi connectivity index (χ3v) is 4.55. The fraction of sp³-hybridized carbons (Fsp3) is 0.611. The molecule has 1 saturated heterocycles. The van der Waals surface area contributed by atoms with Gasteiger partial charge in [0.15, 0.2) is 0 Å². The molecular formula is C18H28N4O4. The lowest BCUT2D eigenvalue weighted by molar-refractivity contribution is -0.385. The van der Waals surface area contributed by atoms with Gasteiger partial charge in [-0.3, -0.25) is 15.0 Å². The zero-order chi connectivity index (χ0) is 19.1. The molecule has 0 bridgehead atoms. The van der Waals surface area contributed by atoms with Crippen molar-refractivity contribution in [1.29, 1.82) is 0 Å². The summed E-state index contributed by atoms with van der Waals surface area (Å²) in [6.07, 6.45) is 0.982. The number of rotatable bonds is 7. The van der Waals surface area contributed by atoms with Crippen molar-refractivity contribution in [2.45, 2.75) is 33.2 Å². The molecule has 1 aromatic rings. The molecule has 1 atom stereocenters. The van der Waals surface area contributed by atoms with Crippen molar-refractivity contribution in [2.75, 3.05) is 38.2 Å². The monoisotopic (exact) mass is 364 g/mol. The average Bonchev–Trinajstić information content (AvgIpc) is 2.60. The van der Waals surface area contributed by atoms with Crippen molar-refractivity contribution in [3.05, 3.63) is 33.9 Å². The van der Waals surface area contributed by atoms with E-state index in [0.29, 0.717) is 36.9 Å². The van der Waals surface area contributed by atoms with Crippen LogP contribution in [0.5, 0.6) is 0 Å². The second kappa shape index (κ2) is 9.49. The van der Waals surface area contributed by atoms with Crippen LogP contribution in [0.1, 0.15) is 25.8 Å². The smallest absolute Gasteiger partial charge is 0.319 e. The summed E-state index contributed by atoms with van der Waals surface area (Å²) in [5.41, 5.74) is 0.886. The summed E-state index contributed by atoms with van der Waals surface area (Å²) < 4.78 is 5.41. The van der Waals surface area contributed by atoms with Crippen LogP contribution in [0.4, 0.5) is 16.2 Å². The van der Waals surface area contributed by atoms with Gasteiger partial charge in [0, 0.05) is 31.7 Å². The van der Waals surface area contributed by atoms with Gasteiger partial charge in [0.25, 0.3) is 5.69 Å².